The molecule has 4 nitrogen and oxygen atoms in total. The normalized spacial score (nSPS) is 32.1. The van der Waals surface area contributed by atoms with Crippen LogP contribution in [0.3, 0.4) is 0 Å². The summed E-state index contributed by atoms with van der Waals surface area (Å²) in [6.45, 7) is 1.86. The zero-order valence-corrected chi connectivity index (χ0v) is 11.4. The van der Waals surface area contributed by atoms with Crippen molar-refractivity contribution < 1.29 is 14.1 Å². The molecule has 4 unspecified atom stereocenters. The highest BCUT2D eigenvalue weighted by Crippen LogP contribution is 2.26. The van der Waals surface area contributed by atoms with Crippen molar-refractivity contribution in [3.05, 3.63) is 34.9 Å². The smallest absolute Gasteiger partial charge is 0.321 e. The molecule has 2 N–H and O–H groups in total. The number of hydrogen-bond acceptors (Lipinski definition) is 3. The number of carbonyl (C=O) groups is 1. The van der Waals surface area contributed by atoms with E-state index in [1.54, 1.807) is 12.1 Å². The van der Waals surface area contributed by atoms with Crippen LogP contribution in [0.2, 0.25) is 5.02 Å². The first kappa shape index (κ1) is 13.5. The summed E-state index contributed by atoms with van der Waals surface area (Å²) in [7, 11) is -1.15. The van der Waals surface area contributed by atoms with Crippen LogP contribution >= 0.6 is 11.6 Å². The quantitative estimate of drug-likeness (QED) is 0.867. The van der Waals surface area contributed by atoms with Crippen LogP contribution in [0.4, 0.5) is 0 Å². The predicted octanol–water partition coefficient (Wildman–Crippen LogP) is 1.57. The van der Waals surface area contributed by atoms with Crippen molar-refractivity contribution >= 4 is 28.4 Å². The highest BCUT2D eigenvalue weighted by molar-refractivity contribution is 7.85. The lowest BCUT2D eigenvalue weighted by molar-refractivity contribution is -0.139. The molecular weight excluding hydrogens is 274 g/mol. The number of benzene rings is 1. The van der Waals surface area contributed by atoms with Gasteiger partial charge in [0.2, 0.25) is 0 Å². The third kappa shape index (κ3) is 2.74. The van der Waals surface area contributed by atoms with E-state index in [-0.39, 0.29) is 17.0 Å². The average Bonchev–Trinajstić information content (AvgIpc) is 2.33. The lowest BCUT2D eigenvalue weighted by atomic mass is 10.0. The molecule has 1 aromatic carbocycles. The van der Waals surface area contributed by atoms with Gasteiger partial charge in [-0.3, -0.25) is 14.3 Å². The zero-order chi connectivity index (χ0) is 13.3. The molecule has 18 heavy (non-hydrogen) atoms. The molecule has 0 aromatic heterocycles. The lowest BCUT2D eigenvalue weighted by Gasteiger charge is -2.33. The van der Waals surface area contributed by atoms with Gasteiger partial charge in [-0.1, -0.05) is 23.7 Å². The Kier molecular flexibility index (Phi) is 4.04. The van der Waals surface area contributed by atoms with Gasteiger partial charge in [0.15, 0.2) is 0 Å². The van der Waals surface area contributed by atoms with Gasteiger partial charge in [0.05, 0.1) is 5.25 Å². The van der Waals surface area contributed by atoms with Crippen LogP contribution in [-0.4, -0.2) is 32.3 Å². The molecule has 4 atom stereocenters. The Bertz CT molecular complexity index is 477. The van der Waals surface area contributed by atoms with Crippen molar-refractivity contribution in [1.82, 2.24) is 5.32 Å². The van der Waals surface area contributed by atoms with Gasteiger partial charge >= 0.3 is 5.97 Å². The third-order valence-electron chi connectivity index (χ3n) is 3.12. The molecule has 6 heteroatoms. The van der Waals surface area contributed by atoms with Crippen molar-refractivity contribution in [3.8, 4) is 0 Å². The van der Waals surface area contributed by atoms with E-state index in [1.807, 2.05) is 19.1 Å². The standard InChI is InChI=1S/C12H14ClNO3S/c1-7-11(8-2-4-9(13)5-3-8)14-10(12(15)16)6-18(7)17/h2-5,7,10-11,14H,6H2,1H3,(H,15,16). The molecular formula is C12H14ClNO3S. The molecule has 0 aliphatic carbocycles. The number of hydrogen-bond donors (Lipinski definition) is 2. The third-order valence-corrected chi connectivity index (χ3v) is 5.14. The minimum atomic E-state index is -1.15. The molecule has 2 rings (SSSR count). The highest BCUT2D eigenvalue weighted by atomic mass is 35.5. The number of carboxylic acid groups (broad SMARTS) is 1. The fraction of sp³-hybridized carbons (Fsp3) is 0.417. The second-order valence-corrected chi connectivity index (χ2v) is 6.61. The monoisotopic (exact) mass is 287 g/mol. The van der Waals surface area contributed by atoms with Crippen molar-refractivity contribution in [2.24, 2.45) is 0 Å². The molecule has 0 amide bonds. The summed E-state index contributed by atoms with van der Waals surface area (Å²) in [6.07, 6.45) is 0. The minimum Gasteiger partial charge on any atom is -0.480 e. The van der Waals surface area contributed by atoms with Crippen LogP contribution in [0.25, 0.3) is 0 Å². The summed E-state index contributed by atoms with van der Waals surface area (Å²) < 4.78 is 11.9. The number of halogens is 1. The summed E-state index contributed by atoms with van der Waals surface area (Å²) in [6, 6.07) is 6.17. The number of carboxylic acids is 1. The fourth-order valence-corrected chi connectivity index (χ4v) is 3.58. The molecule has 0 radical (unpaired) electrons. The summed E-state index contributed by atoms with van der Waals surface area (Å²) in [5.74, 6) is -0.810. The van der Waals surface area contributed by atoms with E-state index in [1.165, 1.54) is 0 Å². The molecule has 0 bridgehead atoms. The lowest BCUT2D eigenvalue weighted by Crippen LogP contribution is -2.52. The second kappa shape index (κ2) is 5.38. The van der Waals surface area contributed by atoms with E-state index in [0.29, 0.717) is 5.02 Å². The Balaban J connectivity index is 2.26. The van der Waals surface area contributed by atoms with Crippen molar-refractivity contribution in [2.75, 3.05) is 5.75 Å². The molecule has 1 saturated heterocycles. The first-order valence-corrected chi connectivity index (χ1v) is 7.36. The maximum Gasteiger partial charge on any atom is 0.321 e. The summed E-state index contributed by atoms with van der Waals surface area (Å²) in [4.78, 5) is 11.0. The van der Waals surface area contributed by atoms with E-state index in [0.717, 1.165) is 5.56 Å². The van der Waals surface area contributed by atoms with Gasteiger partial charge in [0.25, 0.3) is 0 Å². The molecule has 1 aliphatic rings. The number of rotatable bonds is 2. The van der Waals surface area contributed by atoms with E-state index in [9.17, 15) is 9.00 Å². The Labute approximate surface area is 113 Å². The Hall–Kier alpha value is -0.910. The maximum absolute atomic E-state index is 11.9. The number of nitrogens with one attached hydrogen (secondary N) is 1. The Morgan fingerprint density at radius 1 is 1.44 bits per heavy atom. The minimum absolute atomic E-state index is 0.123. The van der Waals surface area contributed by atoms with Crippen LogP contribution in [0, 0.1) is 0 Å². The van der Waals surface area contributed by atoms with Crippen molar-refractivity contribution in [1.29, 1.82) is 0 Å². The first-order valence-electron chi connectivity index (χ1n) is 5.60. The van der Waals surface area contributed by atoms with Gasteiger partial charge in [0.1, 0.15) is 6.04 Å². The number of aliphatic carboxylic acids is 1. The van der Waals surface area contributed by atoms with Gasteiger partial charge in [-0.2, -0.15) is 0 Å². The van der Waals surface area contributed by atoms with Gasteiger partial charge in [-0.25, -0.2) is 0 Å². The van der Waals surface area contributed by atoms with E-state index in [4.69, 9.17) is 16.7 Å². The molecule has 1 aromatic rings. The molecule has 0 spiro atoms. The van der Waals surface area contributed by atoms with Crippen LogP contribution in [0.5, 0.6) is 0 Å². The fourth-order valence-electron chi connectivity index (χ4n) is 2.05. The van der Waals surface area contributed by atoms with E-state index < -0.39 is 22.8 Å². The van der Waals surface area contributed by atoms with Crippen molar-refractivity contribution in [3.63, 3.8) is 0 Å². The van der Waals surface area contributed by atoms with Gasteiger partial charge in [-0.15, -0.1) is 0 Å². The van der Waals surface area contributed by atoms with Crippen molar-refractivity contribution in [2.45, 2.75) is 24.3 Å². The Morgan fingerprint density at radius 2 is 2.06 bits per heavy atom. The molecule has 0 saturated carbocycles. The zero-order valence-electron chi connectivity index (χ0n) is 9.80. The Morgan fingerprint density at radius 3 is 2.61 bits per heavy atom. The summed E-state index contributed by atoms with van der Waals surface area (Å²) in [5.41, 5.74) is 0.909. The van der Waals surface area contributed by atoms with Gasteiger partial charge < -0.3 is 5.11 Å². The molecule has 1 aliphatic heterocycles. The second-order valence-electron chi connectivity index (χ2n) is 4.34. The predicted molar refractivity (Wildman–Crippen MR) is 71.2 cm³/mol. The summed E-state index contributed by atoms with van der Waals surface area (Å²) in [5, 5.41) is 12.6. The van der Waals surface area contributed by atoms with Gasteiger partial charge in [-0.05, 0) is 24.6 Å². The van der Waals surface area contributed by atoms with Crippen LogP contribution in [0.1, 0.15) is 18.5 Å². The molecule has 98 valence electrons. The van der Waals surface area contributed by atoms with Crippen LogP contribution < -0.4 is 5.32 Å². The molecule has 1 fully saturated rings. The topological polar surface area (TPSA) is 66.4 Å². The maximum atomic E-state index is 11.9. The van der Waals surface area contributed by atoms with Crippen LogP contribution in [-0.2, 0) is 15.6 Å². The highest BCUT2D eigenvalue weighted by Gasteiger charge is 2.36. The van der Waals surface area contributed by atoms with E-state index in [2.05, 4.69) is 5.32 Å². The average molecular weight is 288 g/mol. The van der Waals surface area contributed by atoms with Crippen LogP contribution in [0.15, 0.2) is 24.3 Å². The largest absolute Gasteiger partial charge is 0.480 e. The summed E-state index contributed by atoms with van der Waals surface area (Å²) >= 11 is 5.82. The SMILES string of the molecule is CC1C(c2ccc(Cl)cc2)NC(C(=O)O)CS1=O. The molecule has 1 heterocycles. The van der Waals surface area contributed by atoms with E-state index >= 15 is 0 Å². The first-order chi connectivity index (χ1) is 8.49. The van der Waals surface area contributed by atoms with Gasteiger partial charge in [0, 0.05) is 27.6 Å².